The molecule has 0 unspecified atom stereocenters. The average Bonchev–Trinajstić information content (AvgIpc) is 2.92. The van der Waals surface area contributed by atoms with Crippen molar-refractivity contribution in [2.24, 2.45) is 5.92 Å². The van der Waals surface area contributed by atoms with Crippen molar-refractivity contribution in [1.29, 1.82) is 0 Å². The molecule has 2 N–H and O–H groups in total. The molecule has 1 aromatic heterocycles. The smallest absolute Gasteiger partial charge is 0.257 e. The van der Waals surface area contributed by atoms with E-state index >= 15 is 0 Å². The lowest BCUT2D eigenvalue weighted by molar-refractivity contribution is -0.120. The van der Waals surface area contributed by atoms with E-state index in [0.717, 1.165) is 0 Å². The van der Waals surface area contributed by atoms with Crippen LogP contribution in [0.4, 0.5) is 5.13 Å². The zero-order valence-corrected chi connectivity index (χ0v) is 14.5. The van der Waals surface area contributed by atoms with Crippen LogP contribution >= 0.6 is 22.9 Å². The number of aromatic nitrogens is 1. The molecule has 0 bridgehead atoms. The van der Waals surface area contributed by atoms with Gasteiger partial charge in [-0.1, -0.05) is 25.4 Å². The highest BCUT2D eigenvalue weighted by atomic mass is 35.5. The van der Waals surface area contributed by atoms with Gasteiger partial charge in [-0.15, -0.1) is 11.3 Å². The molecule has 0 aliphatic rings. The fourth-order valence-electron chi connectivity index (χ4n) is 1.76. The van der Waals surface area contributed by atoms with E-state index in [1.165, 1.54) is 11.3 Å². The van der Waals surface area contributed by atoms with Gasteiger partial charge in [0.1, 0.15) is 0 Å². The van der Waals surface area contributed by atoms with Crippen molar-refractivity contribution in [3.8, 4) is 0 Å². The molecule has 23 heavy (non-hydrogen) atoms. The monoisotopic (exact) mass is 351 g/mol. The first-order valence-electron chi connectivity index (χ1n) is 7.22. The van der Waals surface area contributed by atoms with Gasteiger partial charge in [-0.05, 0) is 30.2 Å². The Morgan fingerprint density at radius 1 is 1.26 bits per heavy atom. The van der Waals surface area contributed by atoms with Gasteiger partial charge in [-0.2, -0.15) is 0 Å². The molecule has 1 aromatic carbocycles. The molecule has 0 radical (unpaired) electrons. The Hall–Kier alpha value is -1.92. The second-order valence-corrected chi connectivity index (χ2v) is 6.77. The van der Waals surface area contributed by atoms with Crippen LogP contribution in [0, 0.1) is 5.92 Å². The van der Waals surface area contributed by atoms with E-state index in [1.54, 1.807) is 29.6 Å². The summed E-state index contributed by atoms with van der Waals surface area (Å²) in [4.78, 5) is 28.1. The second kappa shape index (κ2) is 8.08. The van der Waals surface area contributed by atoms with Gasteiger partial charge in [0.05, 0.1) is 12.1 Å². The average molecular weight is 352 g/mol. The van der Waals surface area contributed by atoms with Crippen molar-refractivity contribution in [3.05, 3.63) is 45.9 Å². The number of hydrogen-bond acceptors (Lipinski definition) is 4. The summed E-state index contributed by atoms with van der Waals surface area (Å²) in [6, 6.07) is 6.60. The maximum Gasteiger partial charge on any atom is 0.257 e. The normalized spacial score (nSPS) is 10.6. The molecule has 0 fully saturated rings. The molecule has 2 aromatic rings. The van der Waals surface area contributed by atoms with Crippen molar-refractivity contribution in [2.75, 3.05) is 11.9 Å². The van der Waals surface area contributed by atoms with Crippen LogP contribution in [0.15, 0.2) is 29.6 Å². The number of amides is 2. The molecule has 0 spiro atoms. The number of carbonyl (C=O) groups excluding carboxylic acids is 2. The molecule has 0 aliphatic carbocycles. The highest BCUT2D eigenvalue weighted by Gasteiger charge is 2.11. The third-order valence-corrected chi connectivity index (χ3v) is 3.99. The standard InChI is InChI=1S/C16H18ClN3O2S/c1-10(2)8-18-14(21)7-13-9-23-16(19-13)20-15(22)11-3-5-12(17)6-4-11/h3-6,9-10H,7-8H2,1-2H3,(H,18,21)(H,19,20,22). The van der Waals surface area contributed by atoms with E-state index in [-0.39, 0.29) is 18.2 Å². The number of hydrogen-bond donors (Lipinski definition) is 2. The third kappa shape index (κ3) is 5.65. The fourth-order valence-corrected chi connectivity index (χ4v) is 2.59. The molecular formula is C16H18ClN3O2S. The van der Waals surface area contributed by atoms with Gasteiger partial charge < -0.3 is 5.32 Å². The van der Waals surface area contributed by atoms with E-state index in [9.17, 15) is 9.59 Å². The van der Waals surface area contributed by atoms with Crippen LogP contribution in [0.25, 0.3) is 0 Å². The topological polar surface area (TPSA) is 71.1 Å². The van der Waals surface area contributed by atoms with E-state index in [1.807, 2.05) is 13.8 Å². The number of rotatable bonds is 6. The van der Waals surface area contributed by atoms with Gasteiger partial charge in [0.2, 0.25) is 5.91 Å². The first-order valence-corrected chi connectivity index (χ1v) is 8.48. The van der Waals surface area contributed by atoms with Crippen molar-refractivity contribution < 1.29 is 9.59 Å². The lowest BCUT2D eigenvalue weighted by Gasteiger charge is -2.06. The third-order valence-electron chi connectivity index (χ3n) is 2.93. The van der Waals surface area contributed by atoms with Crippen molar-refractivity contribution in [1.82, 2.24) is 10.3 Å². The quantitative estimate of drug-likeness (QED) is 0.838. The highest BCUT2D eigenvalue weighted by Crippen LogP contribution is 2.17. The molecular weight excluding hydrogens is 334 g/mol. The van der Waals surface area contributed by atoms with Gasteiger partial charge in [0.25, 0.3) is 5.91 Å². The second-order valence-electron chi connectivity index (χ2n) is 5.48. The summed E-state index contributed by atoms with van der Waals surface area (Å²) in [5, 5.41) is 8.37. The Kier molecular flexibility index (Phi) is 6.12. The number of nitrogens with one attached hydrogen (secondary N) is 2. The van der Waals surface area contributed by atoms with E-state index in [0.29, 0.717) is 33.9 Å². The van der Waals surface area contributed by atoms with Gasteiger partial charge in [-0.3, -0.25) is 14.9 Å². The van der Waals surface area contributed by atoms with E-state index in [2.05, 4.69) is 15.6 Å². The lowest BCUT2D eigenvalue weighted by atomic mass is 10.2. The first kappa shape index (κ1) is 17.4. The van der Waals surface area contributed by atoms with Crippen LogP contribution in [0.5, 0.6) is 0 Å². The minimum Gasteiger partial charge on any atom is -0.356 e. The molecule has 5 nitrogen and oxygen atoms in total. The van der Waals surface area contributed by atoms with Crippen LogP contribution in [0.2, 0.25) is 5.02 Å². The molecule has 2 amide bonds. The van der Waals surface area contributed by atoms with Crippen molar-refractivity contribution >= 4 is 39.9 Å². The minimum atomic E-state index is -0.258. The SMILES string of the molecule is CC(C)CNC(=O)Cc1csc(NC(=O)c2ccc(Cl)cc2)n1. The number of nitrogens with zero attached hydrogens (tertiary/aromatic N) is 1. The van der Waals surface area contributed by atoms with Crippen LogP contribution in [0.1, 0.15) is 29.9 Å². The van der Waals surface area contributed by atoms with Crippen LogP contribution < -0.4 is 10.6 Å². The van der Waals surface area contributed by atoms with Crippen LogP contribution in [-0.4, -0.2) is 23.3 Å². The number of thiazole rings is 1. The summed E-state index contributed by atoms with van der Waals surface area (Å²) in [6.45, 7) is 4.71. The predicted octanol–water partition coefficient (Wildman–Crippen LogP) is 3.36. The molecule has 0 saturated heterocycles. The first-order chi connectivity index (χ1) is 10.9. The Morgan fingerprint density at radius 2 is 1.96 bits per heavy atom. The maximum atomic E-state index is 12.1. The summed E-state index contributed by atoms with van der Waals surface area (Å²) < 4.78 is 0. The van der Waals surface area contributed by atoms with Gasteiger partial charge in [-0.25, -0.2) is 4.98 Å². The molecule has 1 heterocycles. The minimum absolute atomic E-state index is 0.0698. The molecule has 122 valence electrons. The van der Waals surface area contributed by atoms with Gasteiger partial charge >= 0.3 is 0 Å². The summed E-state index contributed by atoms with van der Waals surface area (Å²) in [7, 11) is 0. The summed E-state index contributed by atoms with van der Waals surface area (Å²) >= 11 is 7.09. The number of benzene rings is 1. The molecule has 0 saturated carbocycles. The summed E-state index contributed by atoms with van der Waals surface area (Å²) in [6.07, 6.45) is 0.208. The van der Waals surface area contributed by atoms with Crippen molar-refractivity contribution in [2.45, 2.75) is 20.3 Å². The van der Waals surface area contributed by atoms with Gasteiger partial charge in [0.15, 0.2) is 5.13 Å². The largest absolute Gasteiger partial charge is 0.356 e. The van der Waals surface area contributed by atoms with E-state index < -0.39 is 0 Å². The number of carbonyl (C=O) groups is 2. The number of anilines is 1. The summed E-state index contributed by atoms with van der Waals surface area (Å²) in [5.74, 6) is 0.0787. The zero-order chi connectivity index (χ0) is 16.8. The molecule has 0 atom stereocenters. The zero-order valence-electron chi connectivity index (χ0n) is 12.9. The predicted molar refractivity (Wildman–Crippen MR) is 93.1 cm³/mol. The summed E-state index contributed by atoms with van der Waals surface area (Å²) in [5.41, 5.74) is 1.14. The Balaban J connectivity index is 1.90. The Morgan fingerprint density at radius 3 is 2.61 bits per heavy atom. The Bertz CT molecular complexity index is 683. The number of halogens is 1. The molecule has 0 aliphatic heterocycles. The molecule has 7 heteroatoms. The van der Waals surface area contributed by atoms with E-state index in [4.69, 9.17) is 11.6 Å². The van der Waals surface area contributed by atoms with Crippen LogP contribution in [0.3, 0.4) is 0 Å². The van der Waals surface area contributed by atoms with Crippen molar-refractivity contribution in [3.63, 3.8) is 0 Å². The highest BCUT2D eigenvalue weighted by molar-refractivity contribution is 7.14. The fraction of sp³-hybridized carbons (Fsp3) is 0.312. The Labute approximate surface area is 144 Å². The lowest BCUT2D eigenvalue weighted by Crippen LogP contribution is -2.28. The maximum absolute atomic E-state index is 12.1. The molecule has 2 rings (SSSR count). The van der Waals surface area contributed by atoms with Crippen LogP contribution in [-0.2, 0) is 11.2 Å². The van der Waals surface area contributed by atoms with Gasteiger partial charge in [0, 0.05) is 22.5 Å².